The summed E-state index contributed by atoms with van der Waals surface area (Å²) in [6, 6.07) is 0. The van der Waals surface area contributed by atoms with Crippen LogP contribution in [0.25, 0.3) is 0 Å². The Morgan fingerprint density at radius 3 is 0.857 bits per heavy atom. The molecule has 0 aliphatic heterocycles. The first-order chi connectivity index (χ1) is 9.18. The van der Waals surface area contributed by atoms with Gasteiger partial charge in [0.2, 0.25) is 0 Å². The van der Waals surface area contributed by atoms with Crippen LogP contribution < -0.4 is 0 Å². The molecule has 9 heteroatoms. The molecule has 0 bridgehead atoms. The van der Waals surface area contributed by atoms with Crippen molar-refractivity contribution in [3.63, 3.8) is 0 Å². The summed E-state index contributed by atoms with van der Waals surface area (Å²) in [5.41, 5.74) is 0. The van der Waals surface area contributed by atoms with Crippen LogP contribution in [0.15, 0.2) is 0 Å². The maximum Gasteiger partial charge on any atom is 0 e. The van der Waals surface area contributed by atoms with Crippen molar-refractivity contribution in [2.45, 2.75) is 20.0 Å². The normalized spacial score (nSPS) is 5.10. The Bertz CT molecular complexity index is 235. The number of aliphatic hydroxyl groups excluding tert-OH is 1. The summed E-state index contributed by atoms with van der Waals surface area (Å²) in [7, 11) is 0. The third-order valence-electron chi connectivity index (χ3n) is 0.802. The fourth-order valence-corrected chi connectivity index (χ4v) is 0.192. The Hall–Kier alpha value is -1.03. The van der Waals surface area contributed by atoms with E-state index < -0.39 is 6.10 Å². The average molecular weight is 384 g/mol. The summed E-state index contributed by atoms with van der Waals surface area (Å²) in [6.45, 7) is 30.8. The molecular weight excluding hydrogens is 374 g/mol. The summed E-state index contributed by atoms with van der Waals surface area (Å²) in [5.74, 6) is 2.41. The van der Waals surface area contributed by atoms with Gasteiger partial charge in [-0.3, -0.25) is 0 Å². The van der Waals surface area contributed by atoms with Gasteiger partial charge >= 0.3 is 67.8 Å². The Kier molecular flexibility index (Phi) is 488. The molecule has 0 amide bonds. The predicted octanol–water partition coefficient (Wildman–Crippen LogP) is 0.406. The molecule has 0 aromatic rings. The van der Waals surface area contributed by atoms with Gasteiger partial charge < -0.3 is 5.11 Å². The smallest absolute Gasteiger partial charge is 0 e. The summed E-state index contributed by atoms with van der Waals surface area (Å²) in [6.07, 6.45) is 4.30. The fourth-order valence-electron chi connectivity index (χ4n) is 0.192. The van der Waals surface area contributed by atoms with Gasteiger partial charge in [-0.15, -0.1) is 6.42 Å². The molecule has 7 nitrogen and oxygen atoms in total. The summed E-state index contributed by atoms with van der Waals surface area (Å²) >= 11 is 0. The zero-order valence-electron chi connectivity index (χ0n) is 10.8. The SMILES string of the molecule is C#C[C@@H](O)C(C)C.[C-]#[O+].[C-]#[O+].[C-]#[O+].[C-]#[O+].[C-]#[O+].[C-]#[O+].[Co].[Co]. The Balaban J connectivity index is -0.0000000128. The van der Waals surface area contributed by atoms with Crippen molar-refractivity contribution in [2.24, 2.45) is 5.92 Å². The third-order valence-corrected chi connectivity index (χ3v) is 0.802. The molecule has 0 saturated carbocycles. The Morgan fingerprint density at radius 2 is 0.857 bits per heavy atom. The van der Waals surface area contributed by atoms with Crippen molar-refractivity contribution in [3.8, 4) is 12.3 Å². The molecule has 0 saturated heterocycles. The largest absolute Gasteiger partial charge is 0 e. The van der Waals surface area contributed by atoms with Crippen LogP contribution in [-0.4, -0.2) is 11.2 Å². The molecule has 21 heavy (non-hydrogen) atoms. The maximum absolute atomic E-state index is 8.70. The quantitative estimate of drug-likeness (QED) is 0.390. The summed E-state index contributed by atoms with van der Waals surface area (Å²) in [4.78, 5) is 0. The van der Waals surface area contributed by atoms with Crippen molar-refractivity contribution in [1.82, 2.24) is 0 Å². The molecule has 0 aromatic heterocycles. The number of rotatable bonds is 1. The molecule has 2 radical (unpaired) electrons. The van der Waals surface area contributed by atoms with E-state index in [0.29, 0.717) is 0 Å². The van der Waals surface area contributed by atoms with E-state index in [4.69, 9.17) is 39.4 Å². The first-order valence-electron chi connectivity index (χ1n) is 3.55. The molecule has 1 N–H and O–H groups in total. The summed E-state index contributed by atoms with van der Waals surface area (Å²) < 4.78 is 45.0. The standard InChI is InChI=1S/C6H10O.6CO.2Co/c1-4-6(7)5(2)3;6*1-2;;/h1,5-7H,2-3H3;;;;;;;;/t6-;;;;;;;;/m1......../s1. The molecule has 0 spiro atoms. The van der Waals surface area contributed by atoms with Gasteiger partial charge in [-0.25, -0.2) is 0 Å². The first-order valence-corrected chi connectivity index (χ1v) is 3.55. The van der Waals surface area contributed by atoms with Gasteiger partial charge in [0.15, 0.2) is 0 Å². The molecular formula is C12H10Co2O7. The van der Waals surface area contributed by atoms with E-state index in [-0.39, 0.29) is 39.5 Å². The van der Waals surface area contributed by atoms with E-state index in [1.165, 1.54) is 0 Å². The van der Waals surface area contributed by atoms with Gasteiger partial charge in [0.1, 0.15) is 6.10 Å². The predicted molar refractivity (Wildman–Crippen MR) is 53.3 cm³/mol. The molecule has 0 heterocycles. The van der Waals surface area contributed by atoms with E-state index in [1.54, 1.807) is 0 Å². The topological polar surface area (TPSA) is 140 Å². The number of hydrogen-bond donors (Lipinski definition) is 1. The van der Waals surface area contributed by atoms with Crippen LogP contribution >= 0.6 is 0 Å². The second-order valence-electron chi connectivity index (χ2n) is 1.86. The van der Waals surface area contributed by atoms with E-state index in [1.807, 2.05) is 13.8 Å². The van der Waals surface area contributed by atoms with Crippen molar-refractivity contribution >= 4 is 0 Å². The van der Waals surface area contributed by atoms with Gasteiger partial charge in [-0.1, -0.05) is 19.8 Å². The van der Waals surface area contributed by atoms with E-state index in [2.05, 4.69) is 45.8 Å². The molecule has 0 unspecified atom stereocenters. The van der Waals surface area contributed by atoms with Crippen LogP contribution in [0, 0.1) is 58.2 Å². The van der Waals surface area contributed by atoms with Crippen LogP contribution in [0.3, 0.4) is 0 Å². The van der Waals surface area contributed by atoms with Crippen LogP contribution in [0.4, 0.5) is 0 Å². The molecule has 0 aliphatic rings. The van der Waals surface area contributed by atoms with Crippen molar-refractivity contribution in [3.05, 3.63) is 39.9 Å². The van der Waals surface area contributed by atoms with Gasteiger partial charge in [0.25, 0.3) is 0 Å². The van der Waals surface area contributed by atoms with Gasteiger partial charge in [-0.05, 0) is 5.92 Å². The van der Waals surface area contributed by atoms with E-state index >= 15 is 0 Å². The van der Waals surface area contributed by atoms with Crippen molar-refractivity contribution in [1.29, 1.82) is 0 Å². The molecule has 0 aliphatic carbocycles. The summed E-state index contributed by atoms with van der Waals surface area (Å²) in [5, 5.41) is 8.70. The van der Waals surface area contributed by atoms with Crippen LogP contribution in [0.1, 0.15) is 13.8 Å². The molecule has 0 aromatic carbocycles. The number of aliphatic hydroxyl groups is 1. The van der Waals surface area contributed by atoms with E-state index in [9.17, 15) is 0 Å². The van der Waals surface area contributed by atoms with Gasteiger partial charge in [0, 0.05) is 33.6 Å². The third kappa shape index (κ3) is 221. The minimum atomic E-state index is -0.569. The van der Waals surface area contributed by atoms with Crippen LogP contribution in [0.5, 0.6) is 0 Å². The minimum absolute atomic E-state index is 0. The number of hydrogen-bond acceptors (Lipinski definition) is 1. The molecule has 118 valence electrons. The van der Waals surface area contributed by atoms with Crippen LogP contribution in [-0.2, 0) is 61.5 Å². The fraction of sp³-hybridized carbons (Fsp3) is 0.333. The van der Waals surface area contributed by atoms with Crippen molar-refractivity contribution < 1.29 is 66.6 Å². The van der Waals surface area contributed by atoms with Gasteiger partial charge in [0.05, 0.1) is 0 Å². The minimum Gasteiger partial charge on any atom is 0 e. The van der Waals surface area contributed by atoms with Gasteiger partial charge in [-0.2, -0.15) is 0 Å². The molecule has 1 atom stereocenters. The second-order valence-corrected chi connectivity index (χ2v) is 1.86. The molecule has 0 rings (SSSR count). The van der Waals surface area contributed by atoms with E-state index in [0.717, 1.165) is 0 Å². The second kappa shape index (κ2) is 172. The zero-order valence-corrected chi connectivity index (χ0v) is 12.9. The van der Waals surface area contributed by atoms with Crippen LogP contribution in [0.2, 0.25) is 0 Å². The Labute approximate surface area is 145 Å². The average Bonchev–Trinajstić information content (AvgIpc) is 2.57. The monoisotopic (exact) mass is 384 g/mol. The maximum atomic E-state index is 8.70. The zero-order chi connectivity index (χ0) is 17.9. The first kappa shape index (κ1) is 59.7. The van der Waals surface area contributed by atoms with Crippen molar-refractivity contribution in [2.75, 3.05) is 0 Å². The number of terminal acetylenes is 1. The molecule has 0 fully saturated rings. The Morgan fingerprint density at radius 1 is 0.714 bits per heavy atom.